The van der Waals surface area contributed by atoms with Gasteiger partial charge in [-0.3, -0.25) is 9.69 Å². The van der Waals surface area contributed by atoms with Gasteiger partial charge in [-0.15, -0.1) is 0 Å². The summed E-state index contributed by atoms with van der Waals surface area (Å²) >= 11 is 12.2. The Balaban J connectivity index is 1.56. The quantitative estimate of drug-likeness (QED) is 0.517. The van der Waals surface area contributed by atoms with Gasteiger partial charge in [-0.25, -0.2) is 4.79 Å². The summed E-state index contributed by atoms with van der Waals surface area (Å²) in [6, 6.07) is 10.6. The number of hydrogen-bond acceptors (Lipinski definition) is 4. The molecule has 2 aromatic rings. The summed E-state index contributed by atoms with van der Waals surface area (Å²) in [6.07, 6.45) is 5.70. The fraction of sp³-hybridized carbons (Fsp3) is 0.417. The number of nitrogens with one attached hydrogen (secondary N) is 2. The van der Waals surface area contributed by atoms with Crippen LogP contribution in [-0.4, -0.2) is 48.1 Å². The molecule has 3 N–H and O–H groups in total. The van der Waals surface area contributed by atoms with Crippen molar-refractivity contribution in [1.82, 2.24) is 10.2 Å². The molecule has 0 saturated carbocycles. The summed E-state index contributed by atoms with van der Waals surface area (Å²) in [5, 5.41) is 17.9. The van der Waals surface area contributed by atoms with Crippen molar-refractivity contribution in [2.24, 2.45) is 0 Å². The monoisotopic (exact) mass is 490 g/mol. The minimum atomic E-state index is -2.25. The Morgan fingerprint density at radius 3 is 2.52 bits per heavy atom. The molecule has 0 aliphatic carbocycles. The zero-order valence-corrected chi connectivity index (χ0v) is 19.8. The van der Waals surface area contributed by atoms with E-state index in [0.717, 1.165) is 31.0 Å². The number of urea groups is 1. The number of likely N-dealkylation sites (tertiary alicyclic amines) is 1. The molecule has 0 unspecified atom stereocenters. The van der Waals surface area contributed by atoms with Gasteiger partial charge in [0.15, 0.2) is 0 Å². The molecule has 1 saturated heterocycles. The number of carbonyl (C=O) groups excluding carboxylic acids is 2. The zero-order valence-electron chi connectivity index (χ0n) is 18.3. The molecule has 9 heteroatoms. The predicted molar refractivity (Wildman–Crippen MR) is 131 cm³/mol. The fourth-order valence-corrected chi connectivity index (χ4v) is 4.77. The molecule has 0 radical (unpaired) electrons. The molecule has 2 aliphatic heterocycles. The summed E-state index contributed by atoms with van der Waals surface area (Å²) in [6.45, 7) is 3.43. The number of nitrogens with zero attached hydrogens (tertiary/aromatic N) is 2. The van der Waals surface area contributed by atoms with Crippen molar-refractivity contribution in [3.8, 4) is 0 Å². The van der Waals surface area contributed by atoms with Gasteiger partial charge in [-0.1, -0.05) is 54.2 Å². The summed E-state index contributed by atoms with van der Waals surface area (Å²) in [7, 11) is 0. The number of hydrogen-bond donors (Lipinski definition) is 3. The number of rotatable bonds is 6. The first-order valence-electron chi connectivity index (χ1n) is 11.3. The molecule has 2 aliphatic rings. The number of halogens is 2. The Morgan fingerprint density at radius 1 is 1.06 bits per heavy atom. The van der Waals surface area contributed by atoms with E-state index in [1.807, 2.05) is 0 Å². The molecule has 4 rings (SSSR count). The Kier molecular flexibility index (Phi) is 7.44. The van der Waals surface area contributed by atoms with Crippen molar-refractivity contribution in [3.63, 3.8) is 0 Å². The van der Waals surface area contributed by atoms with Gasteiger partial charge in [0.05, 0.1) is 21.4 Å². The van der Waals surface area contributed by atoms with E-state index >= 15 is 0 Å². The van der Waals surface area contributed by atoms with Crippen LogP contribution in [-0.2, 0) is 10.5 Å². The Hall–Kier alpha value is -2.32. The summed E-state index contributed by atoms with van der Waals surface area (Å²) in [5.74, 6) is -0.674. The SMILES string of the molecule is O=C1Nc2ccccc2[C@@](O)(C(=O)NCCCN2CCCCCC2)N1c1ccc(Cl)c(Cl)c1. The van der Waals surface area contributed by atoms with Crippen LogP contribution in [0.1, 0.15) is 37.7 Å². The Bertz CT molecular complexity index is 1030. The number of para-hydroxylation sites is 1. The molecular weight excluding hydrogens is 463 g/mol. The smallest absolute Gasteiger partial charge is 0.329 e. The minimum Gasteiger partial charge on any atom is -0.359 e. The third-order valence-electron chi connectivity index (χ3n) is 6.18. The molecule has 2 heterocycles. The lowest BCUT2D eigenvalue weighted by Crippen LogP contribution is -2.62. The van der Waals surface area contributed by atoms with Crippen molar-refractivity contribution in [3.05, 3.63) is 58.1 Å². The van der Waals surface area contributed by atoms with Crippen molar-refractivity contribution < 1.29 is 14.7 Å². The number of carbonyl (C=O) groups is 2. The summed E-state index contributed by atoms with van der Waals surface area (Å²) in [4.78, 5) is 29.9. The van der Waals surface area contributed by atoms with E-state index in [2.05, 4.69) is 15.5 Å². The topological polar surface area (TPSA) is 84.9 Å². The second-order valence-electron chi connectivity index (χ2n) is 8.45. The maximum Gasteiger partial charge on any atom is 0.329 e. The average Bonchev–Trinajstić information content (AvgIpc) is 3.08. The molecule has 0 spiro atoms. The number of aliphatic hydroxyl groups is 1. The Labute approximate surface area is 203 Å². The number of anilines is 2. The van der Waals surface area contributed by atoms with Crippen LogP contribution in [0.3, 0.4) is 0 Å². The van der Waals surface area contributed by atoms with Crippen LogP contribution in [0, 0.1) is 0 Å². The first-order chi connectivity index (χ1) is 15.9. The van der Waals surface area contributed by atoms with Gasteiger partial charge in [0.25, 0.3) is 11.6 Å². The Morgan fingerprint density at radius 2 is 1.79 bits per heavy atom. The lowest BCUT2D eigenvalue weighted by Gasteiger charge is -2.42. The highest BCUT2D eigenvalue weighted by Crippen LogP contribution is 2.41. The van der Waals surface area contributed by atoms with Crippen molar-refractivity contribution >= 4 is 46.5 Å². The first kappa shape index (κ1) is 23.8. The van der Waals surface area contributed by atoms with Gasteiger partial charge in [0, 0.05) is 12.1 Å². The van der Waals surface area contributed by atoms with E-state index in [-0.39, 0.29) is 16.3 Å². The van der Waals surface area contributed by atoms with Crippen LogP contribution in [0.25, 0.3) is 0 Å². The highest BCUT2D eigenvalue weighted by atomic mass is 35.5. The standard InChI is InChI=1S/C24H28Cl2N4O3/c25-19-11-10-17(16-20(19)26)30-23(32)28-21-9-4-3-8-18(21)24(30,33)22(31)27-12-7-15-29-13-5-1-2-6-14-29/h3-4,8-11,16,33H,1-2,5-7,12-15H2,(H,27,31)(H,28,32)/t24-/m1/s1. The maximum atomic E-state index is 13.4. The maximum absolute atomic E-state index is 13.4. The van der Waals surface area contributed by atoms with Gasteiger partial charge in [-0.2, -0.15) is 0 Å². The highest BCUT2D eigenvalue weighted by molar-refractivity contribution is 6.42. The third kappa shape index (κ3) is 4.96. The van der Waals surface area contributed by atoms with Crippen molar-refractivity contribution in [2.45, 2.75) is 37.8 Å². The van der Waals surface area contributed by atoms with Gasteiger partial charge >= 0.3 is 6.03 Å². The molecule has 7 nitrogen and oxygen atoms in total. The van der Waals surface area contributed by atoms with Crippen LogP contribution < -0.4 is 15.5 Å². The molecule has 176 valence electrons. The van der Waals surface area contributed by atoms with Crippen LogP contribution in [0.4, 0.5) is 16.2 Å². The third-order valence-corrected chi connectivity index (χ3v) is 6.92. The molecule has 0 aromatic heterocycles. The predicted octanol–water partition coefficient (Wildman–Crippen LogP) is 4.57. The number of amides is 3. The molecule has 0 bridgehead atoms. The van der Waals surface area contributed by atoms with Gasteiger partial charge < -0.3 is 20.6 Å². The summed E-state index contributed by atoms with van der Waals surface area (Å²) in [5.41, 5.74) is -1.35. The molecular formula is C24H28Cl2N4O3. The van der Waals surface area contributed by atoms with Crippen LogP contribution in [0.2, 0.25) is 10.0 Å². The van der Waals surface area contributed by atoms with Gasteiger partial charge in [0.1, 0.15) is 0 Å². The van der Waals surface area contributed by atoms with Gasteiger partial charge in [-0.05, 0) is 63.2 Å². The van der Waals surface area contributed by atoms with Crippen molar-refractivity contribution in [2.75, 3.05) is 36.4 Å². The highest BCUT2D eigenvalue weighted by Gasteiger charge is 2.51. The largest absolute Gasteiger partial charge is 0.359 e. The second-order valence-corrected chi connectivity index (χ2v) is 9.26. The average molecular weight is 491 g/mol. The molecule has 2 aromatic carbocycles. The van der Waals surface area contributed by atoms with E-state index in [9.17, 15) is 14.7 Å². The van der Waals surface area contributed by atoms with E-state index in [1.54, 1.807) is 30.3 Å². The first-order valence-corrected chi connectivity index (χ1v) is 12.1. The van der Waals surface area contributed by atoms with Crippen LogP contribution >= 0.6 is 23.2 Å². The normalized spacial score (nSPS) is 21.2. The number of fused-ring (bicyclic) bond motifs is 1. The van der Waals surface area contributed by atoms with E-state index in [0.29, 0.717) is 17.3 Å². The summed E-state index contributed by atoms with van der Waals surface area (Å²) < 4.78 is 0. The molecule has 1 atom stereocenters. The molecule has 33 heavy (non-hydrogen) atoms. The molecule has 1 fully saturated rings. The lowest BCUT2D eigenvalue weighted by molar-refractivity contribution is -0.140. The number of benzene rings is 2. The van der Waals surface area contributed by atoms with Crippen LogP contribution in [0.5, 0.6) is 0 Å². The minimum absolute atomic E-state index is 0.209. The van der Waals surface area contributed by atoms with Gasteiger partial charge in [0.2, 0.25) is 0 Å². The van der Waals surface area contributed by atoms with Crippen molar-refractivity contribution in [1.29, 1.82) is 0 Å². The fourth-order valence-electron chi connectivity index (χ4n) is 4.47. The van der Waals surface area contributed by atoms with E-state index < -0.39 is 17.7 Å². The van der Waals surface area contributed by atoms with E-state index in [1.165, 1.54) is 37.8 Å². The second kappa shape index (κ2) is 10.3. The van der Waals surface area contributed by atoms with E-state index in [4.69, 9.17) is 23.2 Å². The lowest BCUT2D eigenvalue weighted by atomic mass is 9.94. The van der Waals surface area contributed by atoms with Crippen LogP contribution in [0.15, 0.2) is 42.5 Å². The zero-order chi connectivity index (χ0) is 23.4. The molecule has 3 amide bonds.